The Kier molecular flexibility index (Phi) is 3.63. The van der Waals surface area contributed by atoms with Crippen LogP contribution in [-0.2, 0) is 14.3 Å². The third-order valence-electron chi connectivity index (χ3n) is 3.90. The second-order valence-corrected chi connectivity index (χ2v) is 4.35. The maximum atomic E-state index is 11.7. The van der Waals surface area contributed by atoms with Crippen molar-refractivity contribution in [3.8, 4) is 0 Å². The summed E-state index contributed by atoms with van der Waals surface area (Å²) in [6.07, 6.45) is 2.77. The molecule has 0 aromatic rings. The van der Waals surface area contributed by atoms with Crippen LogP contribution < -0.4 is 5.73 Å². The number of rotatable bonds is 2. The normalized spacial score (nSPS) is 31.9. The lowest BCUT2D eigenvalue weighted by atomic mass is 9.86. The number of esters is 1. The summed E-state index contributed by atoms with van der Waals surface area (Å²) in [6.45, 7) is 1.90. The van der Waals surface area contributed by atoms with Crippen molar-refractivity contribution in [2.45, 2.75) is 19.3 Å². The third kappa shape index (κ3) is 1.65. The Hall–Kier alpha value is -0.320. The van der Waals surface area contributed by atoms with Crippen molar-refractivity contribution in [3.63, 3.8) is 0 Å². The quantitative estimate of drug-likeness (QED) is 0.717. The number of hydrogen-bond acceptors (Lipinski definition) is 4. The molecule has 4 nitrogen and oxygen atoms in total. The van der Waals surface area contributed by atoms with Crippen molar-refractivity contribution in [2.24, 2.45) is 16.6 Å². The lowest BCUT2D eigenvalue weighted by Crippen LogP contribution is -2.35. The average Bonchev–Trinajstić information content (AvgIpc) is 2.87. The van der Waals surface area contributed by atoms with Crippen LogP contribution in [0.1, 0.15) is 19.3 Å². The predicted octanol–water partition coefficient (Wildman–Crippen LogP) is 0.727. The summed E-state index contributed by atoms with van der Waals surface area (Å²) in [4.78, 5) is 11.7. The maximum absolute atomic E-state index is 11.7. The predicted molar refractivity (Wildman–Crippen MR) is 57.9 cm³/mol. The highest BCUT2D eigenvalue weighted by atomic mass is 35.5. The zero-order chi connectivity index (χ0) is 10.2. The van der Waals surface area contributed by atoms with Gasteiger partial charge in [0.1, 0.15) is 0 Å². The summed E-state index contributed by atoms with van der Waals surface area (Å²) < 4.78 is 10.1. The van der Waals surface area contributed by atoms with Gasteiger partial charge < -0.3 is 15.2 Å². The zero-order valence-corrected chi connectivity index (χ0v) is 9.77. The largest absolute Gasteiger partial charge is 0.469 e. The molecule has 1 spiro atoms. The highest BCUT2D eigenvalue weighted by molar-refractivity contribution is 5.85. The van der Waals surface area contributed by atoms with Crippen molar-refractivity contribution in [2.75, 3.05) is 26.9 Å². The second kappa shape index (κ2) is 4.28. The highest BCUT2D eigenvalue weighted by Gasteiger charge is 2.71. The molecule has 1 atom stereocenters. The first kappa shape index (κ1) is 12.7. The topological polar surface area (TPSA) is 61.5 Å². The Labute approximate surface area is 95.9 Å². The number of hydrogen-bond donors (Lipinski definition) is 1. The van der Waals surface area contributed by atoms with E-state index in [1.807, 2.05) is 0 Å². The summed E-state index contributed by atoms with van der Waals surface area (Å²) in [5.41, 5.74) is 5.40. The Morgan fingerprint density at radius 1 is 1.47 bits per heavy atom. The van der Waals surface area contributed by atoms with Crippen molar-refractivity contribution in [3.05, 3.63) is 0 Å². The molecule has 0 amide bonds. The van der Waals surface area contributed by atoms with Gasteiger partial charge in [-0.05, 0) is 24.7 Å². The molecule has 1 aliphatic heterocycles. The van der Waals surface area contributed by atoms with Crippen LogP contribution >= 0.6 is 12.4 Å². The first-order valence-corrected chi connectivity index (χ1v) is 5.07. The van der Waals surface area contributed by atoms with Gasteiger partial charge in [-0.2, -0.15) is 0 Å². The summed E-state index contributed by atoms with van der Waals surface area (Å²) in [7, 11) is 1.44. The lowest BCUT2D eigenvalue weighted by Gasteiger charge is -2.27. The summed E-state index contributed by atoms with van der Waals surface area (Å²) in [6, 6.07) is 0. The molecule has 1 saturated heterocycles. The average molecular weight is 236 g/mol. The van der Waals surface area contributed by atoms with Gasteiger partial charge in [0.15, 0.2) is 0 Å². The fraction of sp³-hybridized carbons (Fsp3) is 0.900. The molecule has 1 heterocycles. The van der Waals surface area contributed by atoms with Gasteiger partial charge in [0, 0.05) is 19.8 Å². The van der Waals surface area contributed by atoms with E-state index in [1.165, 1.54) is 7.11 Å². The molecular formula is C10H18ClNO3. The molecule has 0 aromatic carbocycles. The molecule has 0 aromatic heterocycles. The summed E-state index contributed by atoms with van der Waals surface area (Å²) in [5.74, 6) is -0.137. The van der Waals surface area contributed by atoms with E-state index in [2.05, 4.69) is 0 Å². The van der Waals surface area contributed by atoms with E-state index in [-0.39, 0.29) is 23.8 Å². The molecule has 0 bridgehead atoms. The summed E-state index contributed by atoms with van der Waals surface area (Å²) >= 11 is 0. The van der Waals surface area contributed by atoms with Crippen LogP contribution in [0.5, 0.6) is 0 Å². The van der Waals surface area contributed by atoms with Crippen LogP contribution in [0, 0.1) is 10.8 Å². The van der Waals surface area contributed by atoms with E-state index in [0.29, 0.717) is 6.54 Å². The number of nitrogens with two attached hydrogens (primary N) is 1. The van der Waals surface area contributed by atoms with Gasteiger partial charge >= 0.3 is 5.97 Å². The molecule has 5 heteroatoms. The molecule has 2 rings (SSSR count). The van der Waals surface area contributed by atoms with Crippen molar-refractivity contribution in [1.82, 2.24) is 0 Å². The first-order chi connectivity index (χ1) is 6.71. The Balaban J connectivity index is 0.00000112. The molecule has 88 valence electrons. The van der Waals surface area contributed by atoms with Gasteiger partial charge in [-0.1, -0.05) is 0 Å². The Bertz CT molecular complexity index is 253. The van der Waals surface area contributed by atoms with Gasteiger partial charge in [0.05, 0.1) is 12.5 Å². The van der Waals surface area contributed by atoms with Crippen molar-refractivity contribution >= 4 is 18.4 Å². The number of methoxy groups -OCH3 is 1. The smallest absolute Gasteiger partial charge is 0.313 e. The lowest BCUT2D eigenvalue weighted by molar-refractivity contribution is -0.149. The van der Waals surface area contributed by atoms with E-state index in [4.69, 9.17) is 15.2 Å². The van der Waals surface area contributed by atoms with Crippen molar-refractivity contribution in [1.29, 1.82) is 0 Å². The Morgan fingerprint density at radius 2 is 2.07 bits per heavy atom. The molecule has 1 saturated carbocycles. The molecule has 1 unspecified atom stereocenters. The minimum absolute atomic E-state index is 0. The Morgan fingerprint density at radius 3 is 2.53 bits per heavy atom. The molecular weight excluding hydrogens is 218 g/mol. The van der Waals surface area contributed by atoms with Crippen LogP contribution in [0.15, 0.2) is 0 Å². The van der Waals surface area contributed by atoms with E-state index in [1.54, 1.807) is 0 Å². The number of halogens is 1. The van der Waals surface area contributed by atoms with Gasteiger partial charge in [-0.25, -0.2) is 0 Å². The SMILES string of the molecule is COC(=O)C1(CN)CC12CCOCC2.Cl. The third-order valence-corrected chi connectivity index (χ3v) is 3.90. The van der Waals surface area contributed by atoms with Crippen LogP contribution in [-0.4, -0.2) is 32.8 Å². The van der Waals surface area contributed by atoms with Crippen LogP contribution in [0.3, 0.4) is 0 Å². The van der Waals surface area contributed by atoms with Crippen molar-refractivity contribution < 1.29 is 14.3 Å². The standard InChI is InChI=1S/C10H17NO3.ClH/c1-13-8(12)10(7-11)6-9(10)2-4-14-5-3-9;/h2-7,11H2,1H3;1H. The highest BCUT2D eigenvalue weighted by Crippen LogP contribution is 2.68. The van der Waals surface area contributed by atoms with Gasteiger partial charge in [0.2, 0.25) is 0 Å². The second-order valence-electron chi connectivity index (χ2n) is 4.35. The molecule has 2 aliphatic rings. The van der Waals surface area contributed by atoms with Gasteiger partial charge in [-0.3, -0.25) is 4.79 Å². The number of carbonyl (C=O) groups excluding carboxylic acids is 1. The minimum atomic E-state index is -0.397. The minimum Gasteiger partial charge on any atom is -0.469 e. The van der Waals surface area contributed by atoms with E-state index in [9.17, 15) is 4.79 Å². The molecule has 15 heavy (non-hydrogen) atoms. The van der Waals surface area contributed by atoms with Crippen LogP contribution in [0.25, 0.3) is 0 Å². The van der Waals surface area contributed by atoms with Crippen LogP contribution in [0.4, 0.5) is 0 Å². The van der Waals surface area contributed by atoms with Gasteiger partial charge in [-0.15, -0.1) is 12.4 Å². The van der Waals surface area contributed by atoms with Gasteiger partial charge in [0.25, 0.3) is 0 Å². The fourth-order valence-corrected chi connectivity index (χ4v) is 2.81. The fourth-order valence-electron chi connectivity index (χ4n) is 2.81. The molecule has 0 radical (unpaired) electrons. The number of ether oxygens (including phenoxy) is 2. The zero-order valence-electron chi connectivity index (χ0n) is 8.95. The first-order valence-electron chi connectivity index (χ1n) is 5.07. The van der Waals surface area contributed by atoms with Crippen LogP contribution in [0.2, 0.25) is 0 Å². The number of carbonyl (C=O) groups is 1. The monoisotopic (exact) mass is 235 g/mol. The summed E-state index contributed by atoms with van der Waals surface area (Å²) in [5, 5.41) is 0. The molecule has 2 fully saturated rings. The van der Waals surface area contributed by atoms with E-state index >= 15 is 0 Å². The van der Waals surface area contributed by atoms with E-state index < -0.39 is 5.41 Å². The molecule has 2 N–H and O–H groups in total. The van der Waals surface area contributed by atoms with E-state index in [0.717, 1.165) is 32.5 Å². The molecule has 1 aliphatic carbocycles. The maximum Gasteiger partial charge on any atom is 0.313 e.